The van der Waals surface area contributed by atoms with Gasteiger partial charge >= 0.3 is 0 Å². The molecule has 2 nitrogen and oxygen atoms in total. The minimum absolute atomic E-state index is 0.801. The van der Waals surface area contributed by atoms with Gasteiger partial charge in [-0.3, -0.25) is 0 Å². The number of unbranched alkanes of at least 4 members (excludes halogenated alkanes) is 38. The average Bonchev–Trinajstić information content (AvgIpc) is 3.16. The van der Waals surface area contributed by atoms with Gasteiger partial charge in [-0.15, -0.1) is 0 Å². The molecule has 0 saturated carbocycles. The summed E-state index contributed by atoms with van der Waals surface area (Å²) in [5.41, 5.74) is 0. The fourth-order valence-corrected chi connectivity index (χ4v) is 7.69. The Balaban J connectivity index is 1.79. The fourth-order valence-electron chi connectivity index (χ4n) is 7.69. The highest BCUT2D eigenvalue weighted by Crippen LogP contribution is 2.21. The van der Waals surface area contributed by atoms with Gasteiger partial charge in [0.25, 0.3) is 0 Å². The van der Waals surface area contributed by atoms with Crippen molar-refractivity contribution in [3.63, 3.8) is 0 Å². The highest BCUT2D eigenvalue weighted by Gasteiger charge is 2.01. The van der Waals surface area contributed by atoms with Crippen LogP contribution in [0.15, 0.2) is 18.2 Å². The van der Waals surface area contributed by atoms with Crippen molar-refractivity contribution in [1.82, 2.24) is 0 Å². The van der Waals surface area contributed by atoms with Crippen LogP contribution in [-0.2, 0) is 0 Å². The van der Waals surface area contributed by atoms with E-state index in [2.05, 4.69) is 19.9 Å². The Hall–Kier alpha value is -1.18. The van der Waals surface area contributed by atoms with Crippen LogP contribution >= 0.6 is 0 Å². The smallest absolute Gasteiger partial charge is 0.123 e. The minimum atomic E-state index is 0.801. The van der Waals surface area contributed by atoms with Gasteiger partial charge in [0.15, 0.2) is 0 Å². The lowest BCUT2D eigenvalue weighted by Gasteiger charge is -2.10. The first kappa shape index (κ1) is 48.8. The zero-order valence-electron chi connectivity index (χ0n) is 35.7. The van der Waals surface area contributed by atoms with E-state index in [1.807, 2.05) is 18.2 Å². The van der Waals surface area contributed by atoms with Gasteiger partial charge in [-0.25, -0.2) is 0 Å². The number of hydrogen-bond donors (Lipinski definition) is 0. The molecule has 52 heavy (non-hydrogen) atoms. The van der Waals surface area contributed by atoms with E-state index in [9.17, 15) is 0 Å². The molecule has 0 N–H and O–H groups in total. The first-order valence-corrected chi connectivity index (χ1v) is 24.1. The minimum Gasteiger partial charge on any atom is -0.493 e. The molecule has 1 aromatic carbocycles. The van der Waals surface area contributed by atoms with Crippen LogP contribution in [0.2, 0.25) is 0 Å². The lowest BCUT2D eigenvalue weighted by molar-refractivity contribution is 0.289. The van der Waals surface area contributed by atoms with Crippen molar-refractivity contribution in [3.05, 3.63) is 24.3 Å². The first-order chi connectivity index (χ1) is 25.9. The Kier molecular flexibility index (Phi) is 40.0. The van der Waals surface area contributed by atoms with E-state index in [1.165, 1.54) is 244 Å². The second-order valence-electron chi connectivity index (χ2n) is 16.5. The monoisotopic (exact) mass is 726 g/mol. The Morgan fingerprint density at radius 3 is 0.692 bits per heavy atom. The molecule has 0 fully saturated rings. The number of hydrogen-bond acceptors (Lipinski definition) is 2. The van der Waals surface area contributed by atoms with Crippen LogP contribution in [-0.4, -0.2) is 13.2 Å². The van der Waals surface area contributed by atoms with Crippen LogP contribution in [0.5, 0.6) is 11.5 Å². The van der Waals surface area contributed by atoms with Crippen LogP contribution in [0.25, 0.3) is 0 Å². The Labute approximate surface area is 328 Å². The topological polar surface area (TPSA) is 18.5 Å². The summed E-state index contributed by atoms with van der Waals surface area (Å²) in [7, 11) is 0. The molecule has 0 atom stereocenters. The molecule has 0 saturated heterocycles. The third-order valence-electron chi connectivity index (χ3n) is 11.3. The van der Waals surface area contributed by atoms with Gasteiger partial charge in [0.1, 0.15) is 11.5 Å². The molecule has 1 radical (unpaired) electrons. The maximum absolute atomic E-state index is 6.02. The quantitative estimate of drug-likeness (QED) is 0.0624. The Morgan fingerprint density at radius 2 is 0.481 bits per heavy atom. The molecule has 305 valence electrons. The maximum atomic E-state index is 6.02. The molecule has 0 aromatic heterocycles. The summed E-state index contributed by atoms with van der Waals surface area (Å²) >= 11 is 0. The zero-order chi connectivity index (χ0) is 37.1. The molecule has 1 aromatic rings. The summed E-state index contributed by atoms with van der Waals surface area (Å²) in [6, 6.07) is 9.14. The SMILES string of the molecule is CCCCCCCCCCCCCCCCCCCCCCOc1c[c]cc(OCCCCCCCCCCCCCCCCCCCCCC)c1. The third kappa shape index (κ3) is 37.1. The Morgan fingerprint density at radius 1 is 0.288 bits per heavy atom. The standard InChI is InChI=1S/C50H93O2/c1-3-5-7-9-11-13-15-17-19-21-23-25-27-29-31-33-35-37-39-41-46-51-49-44-43-45-50(48-49)52-47-42-40-38-36-34-32-30-28-26-24-22-20-18-16-14-12-10-8-6-4-2/h44-45,48H,3-42,46-47H2,1-2H3. The molecule has 2 heteroatoms. The van der Waals surface area contributed by atoms with Crippen LogP contribution in [0.4, 0.5) is 0 Å². The summed E-state index contributed by atoms with van der Waals surface area (Å²) in [6.07, 6.45) is 56.6. The molecule has 0 amide bonds. The van der Waals surface area contributed by atoms with Gasteiger partial charge in [0, 0.05) is 6.07 Å². The van der Waals surface area contributed by atoms with Crippen LogP contribution in [0, 0.1) is 6.07 Å². The van der Waals surface area contributed by atoms with E-state index in [1.54, 1.807) is 0 Å². The van der Waals surface area contributed by atoms with Crippen molar-refractivity contribution in [2.24, 2.45) is 0 Å². The zero-order valence-corrected chi connectivity index (χ0v) is 35.7. The predicted molar refractivity (Wildman–Crippen MR) is 232 cm³/mol. The molecule has 1 rings (SSSR count). The van der Waals surface area contributed by atoms with Crippen molar-refractivity contribution in [2.45, 2.75) is 271 Å². The van der Waals surface area contributed by atoms with Gasteiger partial charge in [0.2, 0.25) is 0 Å². The fraction of sp³-hybridized carbons (Fsp3) is 0.880. The van der Waals surface area contributed by atoms with E-state index in [-0.39, 0.29) is 0 Å². The highest BCUT2D eigenvalue weighted by atomic mass is 16.5. The van der Waals surface area contributed by atoms with Crippen molar-refractivity contribution < 1.29 is 9.47 Å². The van der Waals surface area contributed by atoms with Gasteiger partial charge in [-0.05, 0) is 31.0 Å². The molecule has 0 bridgehead atoms. The van der Waals surface area contributed by atoms with Crippen LogP contribution in [0.1, 0.15) is 271 Å². The van der Waals surface area contributed by atoms with Crippen molar-refractivity contribution in [2.75, 3.05) is 13.2 Å². The molecule has 0 heterocycles. The molecule has 0 aliphatic rings. The van der Waals surface area contributed by atoms with E-state index in [0.717, 1.165) is 37.6 Å². The van der Waals surface area contributed by atoms with Crippen LogP contribution in [0.3, 0.4) is 0 Å². The first-order valence-electron chi connectivity index (χ1n) is 24.1. The van der Waals surface area contributed by atoms with E-state index < -0.39 is 0 Å². The van der Waals surface area contributed by atoms with E-state index in [0.29, 0.717) is 0 Å². The summed E-state index contributed by atoms with van der Waals surface area (Å²) in [6.45, 7) is 6.21. The lowest BCUT2D eigenvalue weighted by Crippen LogP contribution is -2.00. The molecule has 0 aliphatic carbocycles. The van der Waals surface area contributed by atoms with Crippen LogP contribution < -0.4 is 9.47 Å². The lowest BCUT2D eigenvalue weighted by atomic mass is 10.0. The largest absolute Gasteiger partial charge is 0.493 e. The van der Waals surface area contributed by atoms with Crippen molar-refractivity contribution >= 4 is 0 Å². The van der Waals surface area contributed by atoms with Gasteiger partial charge in [-0.1, -0.05) is 258 Å². The van der Waals surface area contributed by atoms with Crippen molar-refractivity contribution in [3.8, 4) is 11.5 Å². The average molecular weight is 726 g/mol. The van der Waals surface area contributed by atoms with E-state index >= 15 is 0 Å². The summed E-state index contributed by atoms with van der Waals surface area (Å²) < 4.78 is 12.0. The third-order valence-corrected chi connectivity index (χ3v) is 11.3. The highest BCUT2D eigenvalue weighted by molar-refractivity contribution is 5.32. The maximum Gasteiger partial charge on any atom is 0.123 e. The predicted octanol–water partition coefficient (Wildman–Crippen LogP) is 17.9. The van der Waals surface area contributed by atoms with Gasteiger partial charge in [-0.2, -0.15) is 0 Å². The number of ether oxygens (including phenoxy) is 2. The Bertz CT molecular complexity index is 729. The second-order valence-corrected chi connectivity index (χ2v) is 16.5. The summed E-state index contributed by atoms with van der Waals surface area (Å²) in [4.78, 5) is 0. The molecule has 0 unspecified atom stereocenters. The van der Waals surface area contributed by atoms with E-state index in [4.69, 9.17) is 9.47 Å². The molecular formula is C50H93O2. The van der Waals surface area contributed by atoms with Gasteiger partial charge < -0.3 is 9.47 Å². The summed E-state index contributed by atoms with van der Waals surface area (Å²) in [5.74, 6) is 1.80. The molecule has 0 aliphatic heterocycles. The molecular weight excluding hydrogens is 633 g/mol. The molecule has 0 spiro atoms. The van der Waals surface area contributed by atoms with Gasteiger partial charge in [0.05, 0.1) is 13.2 Å². The summed E-state index contributed by atoms with van der Waals surface area (Å²) in [5, 5.41) is 0. The van der Waals surface area contributed by atoms with Crippen molar-refractivity contribution in [1.29, 1.82) is 0 Å². The number of benzene rings is 1. The normalized spacial score (nSPS) is 11.4. The second kappa shape index (κ2) is 42.6. The number of rotatable bonds is 44.